The molecule has 1 aliphatic heterocycles. The monoisotopic (exact) mass is 653 g/mol. The van der Waals surface area contributed by atoms with Gasteiger partial charge in [-0.15, -0.1) is 0 Å². The van der Waals surface area contributed by atoms with Gasteiger partial charge < -0.3 is 25.1 Å². The van der Waals surface area contributed by atoms with Gasteiger partial charge in [0, 0.05) is 42.2 Å². The quantitative estimate of drug-likeness (QED) is 0.244. The smallest absolute Gasteiger partial charge is 0.254 e. The molecule has 2 amide bonds. The number of hydrogen-bond donors (Lipinski definition) is 2. The third-order valence-electron chi connectivity index (χ3n) is 12.4. The van der Waals surface area contributed by atoms with Gasteiger partial charge in [0.15, 0.2) is 5.82 Å². The Hall–Kier alpha value is -3.86. The van der Waals surface area contributed by atoms with Gasteiger partial charge in [-0.2, -0.15) is 0 Å². The van der Waals surface area contributed by atoms with Gasteiger partial charge in [0.1, 0.15) is 22.6 Å². The molecule has 11 heteroatoms. The first-order valence-corrected chi connectivity index (χ1v) is 17.9. The fourth-order valence-electron chi connectivity index (χ4n) is 9.42. The lowest BCUT2D eigenvalue weighted by Crippen LogP contribution is -2.70. The van der Waals surface area contributed by atoms with Crippen molar-refractivity contribution < 1.29 is 18.4 Å². The number of nitrogens with two attached hydrogens (primary N) is 1. The number of likely N-dealkylation sites (tertiary alicyclic amines) is 1. The second-order valence-electron chi connectivity index (χ2n) is 16.1. The van der Waals surface area contributed by atoms with E-state index in [0.717, 1.165) is 73.9 Å². The van der Waals surface area contributed by atoms with Crippen molar-refractivity contribution in [1.29, 1.82) is 0 Å². The van der Waals surface area contributed by atoms with Crippen molar-refractivity contribution in [3.63, 3.8) is 0 Å². The molecule has 7 fully saturated rings. The number of carbonyl (C=O) groups excluding carboxylic acids is 2. The summed E-state index contributed by atoms with van der Waals surface area (Å²) >= 11 is 0. The largest absolute Gasteiger partial charge is 0.348 e. The van der Waals surface area contributed by atoms with E-state index in [9.17, 15) is 14.0 Å². The van der Waals surface area contributed by atoms with Crippen molar-refractivity contribution in [2.24, 2.45) is 23.0 Å². The fourth-order valence-corrected chi connectivity index (χ4v) is 9.42. The van der Waals surface area contributed by atoms with Crippen LogP contribution in [0.15, 0.2) is 30.3 Å². The van der Waals surface area contributed by atoms with Crippen LogP contribution in [0.4, 0.5) is 8.78 Å². The number of carbonyl (C=O) groups is 2. The van der Waals surface area contributed by atoms with E-state index >= 15 is 4.39 Å². The van der Waals surface area contributed by atoms with E-state index in [2.05, 4.69) is 16.0 Å². The highest BCUT2D eigenvalue weighted by Crippen LogP contribution is 2.69. The molecule has 7 aliphatic rings. The van der Waals surface area contributed by atoms with Crippen LogP contribution in [0.1, 0.15) is 99.3 Å². The van der Waals surface area contributed by atoms with Gasteiger partial charge in [0.05, 0.1) is 28.4 Å². The highest BCUT2D eigenvalue weighted by Gasteiger charge is 2.72. The van der Waals surface area contributed by atoms with Gasteiger partial charge in [0.25, 0.3) is 5.91 Å². The number of pyridine rings is 1. The molecule has 4 aromatic rings. The molecule has 1 aromatic carbocycles. The standard InChI is InChI=1S/C37H41F2N7O2/c1-19(41-35(48)36-16-37(39,17-36)18-36)28-9-5-22-13-30(45(32(22)42-28)14-20-2-3-20)33-43-29-12-23(11-26(38)31(29)46(33)24-7-8-24)34(47)44-15-27(40)21-4-6-25(44)10-21/h5,9,11-13,19-21,24-25,27H,2-4,6-8,10,14-18,40H2,1H3,(H,41,48)/t19-,21+,25-,27+,36?,37?/m1/s1. The van der Waals surface area contributed by atoms with Crippen molar-refractivity contribution in [3.8, 4) is 11.5 Å². The van der Waals surface area contributed by atoms with Crippen LogP contribution in [-0.2, 0) is 11.3 Å². The predicted octanol–water partition coefficient (Wildman–Crippen LogP) is 5.96. The summed E-state index contributed by atoms with van der Waals surface area (Å²) in [5.41, 5.74) is 8.43. The highest BCUT2D eigenvalue weighted by atomic mass is 19.1. The van der Waals surface area contributed by atoms with Crippen LogP contribution in [0.2, 0.25) is 0 Å². The summed E-state index contributed by atoms with van der Waals surface area (Å²) < 4.78 is 34.6. The highest BCUT2D eigenvalue weighted by molar-refractivity contribution is 5.98. The number of imidazole rings is 1. The Labute approximate surface area is 277 Å². The molecule has 6 aliphatic carbocycles. The predicted molar refractivity (Wildman–Crippen MR) is 176 cm³/mol. The molecule has 3 N–H and O–H groups in total. The molecule has 9 nitrogen and oxygen atoms in total. The van der Waals surface area contributed by atoms with Crippen LogP contribution in [0, 0.1) is 23.1 Å². The van der Waals surface area contributed by atoms with Crippen molar-refractivity contribution in [1.82, 2.24) is 29.3 Å². The van der Waals surface area contributed by atoms with Gasteiger partial charge in [-0.3, -0.25) is 9.59 Å². The summed E-state index contributed by atoms with van der Waals surface area (Å²) in [6, 6.07) is 9.16. The number of benzene rings is 1. The second-order valence-corrected chi connectivity index (χ2v) is 16.1. The average Bonchev–Trinajstić information content (AvgIpc) is 3.94. The Morgan fingerprint density at radius 3 is 2.54 bits per heavy atom. The number of piperidine rings is 1. The topological polar surface area (TPSA) is 111 Å². The molecule has 0 unspecified atom stereocenters. The fraction of sp³-hybridized carbons (Fsp3) is 0.568. The Kier molecular flexibility index (Phi) is 5.98. The molecule has 4 heterocycles. The Morgan fingerprint density at radius 2 is 1.81 bits per heavy atom. The van der Waals surface area contributed by atoms with Crippen molar-refractivity contribution in [3.05, 3.63) is 47.4 Å². The molecule has 250 valence electrons. The average molecular weight is 654 g/mol. The van der Waals surface area contributed by atoms with Crippen molar-refractivity contribution in [2.45, 2.75) is 108 Å². The van der Waals surface area contributed by atoms with Crippen LogP contribution in [0.3, 0.4) is 0 Å². The van der Waals surface area contributed by atoms with E-state index in [1.165, 1.54) is 6.07 Å². The third-order valence-corrected chi connectivity index (χ3v) is 12.4. The summed E-state index contributed by atoms with van der Waals surface area (Å²) in [6.45, 7) is 3.21. The maximum atomic E-state index is 16.2. The molecular formula is C37H41F2N7O2. The van der Waals surface area contributed by atoms with E-state index in [1.54, 1.807) is 6.07 Å². The van der Waals surface area contributed by atoms with E-state index in [1.807, 2.05) is 28.5 Å². The van der Waals surface area contributed by atoms with E-state index in [4.69, 9.17) is 15.7 Å². The number of fused-ring (bicyclic) bond motifs is 4. The Bertz CT molecular complexity index is 2020. The number of halogens is 2. The lowest BCUT2D eigenvalue weighted by Gasteiger charge is -2.64. The lowest BCUT2D eigenvalue weighted by molar-refractivity contribution is -0.214. The molecule has 0 spiro atoms. The van der Waals surface area contributed by atoms with Crippen LogP contribution in [-0.4, -0.2) is 60.1 Å². The van der Waals surface area contributed by atoms with Gasteiger partial charge in [-0.05, 0) is 113 Å². The van der Waals surface area contributed by atoms with Gasteiger partial charge in [0.2, 0.25) is 5.91 Å². The van der Waals surface area contributed by atoms with E-state index in [0.29, 0.717) is 60.1 Å². The first-order valence-electron chi connectivity index (χ1n) is 17.9. The van der Waals surface area contributed by atoms with Crippen LogP contribution < -0.4 is 11.1 Å². The minimum Gasteiger partial charge on any atom is -0.348 e. The minimum atomic E-state index is -1.13. The number of nitrogens with one attached hydrogen (secondary N) is 1. The normalized spacial score (nSPS) is 31.2. The molecule has 6 saturated carbocycles. The second kappa shape index (κ2) is 9.86. The first-order chi connectivity index (χ1) is 23.1. The van der Waals surface area contributed by atoms with Gasteiger partial charge >= 0.3 is 0 Å². The Balaban J connectivity index is 1.03. The zero-order chi connectivity index (χ0) is 32.7. The maximum absolute atomic E-state index is 16.2. The molecular weight excluding hydrogens is 612 g/mol. The molecule has 4 bridgehead atoms. The molecule has 3 aromatic heterocycles. The van der Waals surface area contributed by atoms with E-state index in [-0.39, 0.29) is 36.0 Å². The summed E-state index contributed by atoms with van der Waals surface area (Å²) in [5, 5.41) is 4.05. The SMILES string of the molecule is C[C@@H](NC(=O)C12CC(F)(C1)C2)c1ccc2cc(-c3nc4cc(C(=O)N5C[C@H](N)[C@H]6CC[C@@H]5C6)cc(F)c4n3C3CC3)n(CC3CC3)c2n1. The van der Waals surface area contributed by atoms with Gasteiger partial charge in [-0.1, -0.05) is 0 Å². The van der Waals surface area contributed by atoms with Gasteiger partial charge in [-0.25, -0.2) is 18.7 Å². The molecule has 48 heavy (non-hydrogen) atoms. The van der Waals surface area contributed by atoms with Crippen LogP contribution in [0.5, 0.6) is 0 Å². The summed E-state index contributed by atoms with van der Waals surface area (Å²) in [6.07, 6.45) is 8.06. The number of amides is 2. The first kappa shape index (κ1) is 29.1. The zero-order valence-electron chi connectivity index (χ0n) is 27.2. The minimum absolute atomic E-state index is 0.0411. The lowest BCUT2D eigenvalue weighted by atomic mass is 9.42. The van der Waals surface area contributed by atoms with Crippen molar-refractivity contribution >= 4 is 33.9 Å². The number of aromatic nitrogens is 4. The van der Waals surface area contributed by atoms with Crippen LogP contribution in [0.25, 0.3) is 33.6 Å². The molecule has 1 saturated heterocycles. The Morgan fingerprint density at radius 1 is 1.04 bits per heavy atom. The molecule has 11 rings (SSSR count). The number of nitrogens with zero attached hydrogens (tertiary/aromatic N) is 5. The zero-order valence-corrected chi connectivity index (χ0v) is 27.2. The summed E-state index contributed by atoms with van der Waals surface area (Å²) in [5.74, 6) is 1.01. The van der Waals surface area contributed by atoms with Crippen molar-refractivity contribution in [2.75, 3.05) is 6.54 Å². The third kappa shape index (κ3) is 4.34. The van der Waals surface area contributed by atoms with E-state index < -0.39 is 16.9 Å². The summed E-state index contributed by atoms with van der Waals surface area (Å²) in [7, 11) is 0. The number of rotatable bonds is 8. The molecule has 4 atom stereocenters. The maximum Gasteiger partial charge on any atom is 0.254 e. The number of alkyl halides is 1. The molecule has 0 radical (unpaired) electrons. The van der Waals surface area contributed by atoms with Crippen LogP contribution >= 0.6 is 0 Å². The summed E-state index contributed by atoms with van der Waals surface area (Å²) in [4.78, 5) is 38.8. The number of hydrogen-bond acceptors (Lipinski definition) is 5.